The lowest BCUT2D eigenvalue weighted by molar-refractivity contribution is 0.277. The van der Waals surface area contributed by atoms with Crippen molar-refractivity contribution in [2.24, 2.45) is 0 Å². The van der Waals surface area contributed by atoms with Crippen LogP contribution in [0.5, 0.6) is 0 Å². The van der Waals surface area contributed by atoms with Gasteiger partial charge in [0.25, 0.3) is 0 Å². The Morgan fingerprint density at radius 1 is 1.15 bits per heavy atom. The average molecular weight is 273 g/mol. The van der Waals surface area contributed by atoms with Gasteiger partial charge in [-0.2, -0.15) is 0 Å². The molecule has 0 atom stereocenters. The third-order valence-electron chi connectivity index (χ3n) is 3.43. The van der Waals surface area contributed by atoms with Crippen molar-refractivity contribution in [2.45, 2.75) is 52.7 Å². The minimum Gasteiger partial charge on any atom is -0.390 e. The molecule has 20 heavy (non-hydrogen) atoms. The first-order valence-electron chi connectivity index (χ1n) is 7.00. The zero-order valence-corrected chi connectivity index (χ0v) is 12.9. The van der Waals surface area contributed by atoms with Gasteiger partial charge in [0.05, 0.1) is 12.3 Å². The van der Waals surface area contributed by atoms with E-state index in [0.29, 0.717) is 5.69 Å². The van der Waals surface area contributed by atoms with Crippen molar-refractivity contribution in [3.63, 3.8) is 0 Å². The minimum absolute atomic E-state index is 0.0942. The van der Waals surface area contributed by atoms with E-state index in [4.69, 9.17) is 0 Å². The van der Waals surface area contributed by atoms with E-state index in [-0.39, 0.29) is 18.1 Å². The van der Waals surface area contributed by atoms with E-state index >= 15 is 0 Å². The summed E-state index contributed by atoms with van der Waals surface area (Å²) in [5.41, 5.74) is 4.00. The highest BCUT2D eigenvalue weighted by atomic mass is 16.3. The van der Waals surface area contributed by atoms with Crippen LogP contribution in [0, 0.1) is 0 Å². The first-order chi connectivity index (χ1) is 9.34. The molecule has 4 heteroatoms. The fourth-order valence-electron chi connectivity index (χ4n) is 2.22. The molecule has 0 amide bonds. The van der Waals surface area contributed by atoms with Gasteiger partial charge >= 0.3 is 0 Å². The Labute approximate surface area is 120 Å². The summed E-state index contributed by atoms with van der Waals surface area (Å²) in [6.07, 6.45) is 0. The largest absolute Gasteiger partial charge is 0.390 e. The molecule has 0 aliphatic carbocycles. The lowest BCUT2D eigenvalue weighted by atomic mass is 9.86. The molecule has 1 N–H and O–H groups in total. The molecule has 0 saturated heterocycles. The van der Waals surface area contributed by atoms with Crippen molar-refractivity contribution in [3.8, 4) is 11.3 Å². The Kier molecular flexibility index (Phi) is 3.95. The lowest BCUT2D eigenvalue weighted by Gasteiger charge is -2.19. The van der Waals surface area contributed by atoms with Gasteiger partial charge in [-0.25, -0.2) is 4.68 Å². The molecule has 0 bridgehead atoms. The molecule has 0 unspecified atom stereocenters. The van der Waals surface area contributed by atoms with E-state index in [0.717, 1.165) is 11.3 Å². The molecule has 4 nitrogen and oxygen atoms in total. The first kappa shape index (κ1) is 14.7. The summed E-state index contributed by atoms with van der Waals surface area (Å²) in [5, 5.41) is 17.6. The fourth-order valence-corrected chi connectivity index (χ4v) is 2.22. The van der Waals surface area contributed by atoms with Gasteiger partial charge in [0.2, 0.25) is 0 Å². The van der Waals surface area contributed by atoms with Crippen LogP contribution >= 0.6 is 0 Å². The molecule has 1 aromatic carbocycles. The maximum atomic E-state index is 9.44. The quantitative estimate of drug-likeness (QED) is 0.933. The summed E-state index contributed by atoms with van der Waals surface area (Å²) in [5.74, 6) is 0. The van der Waals surface area contributed by atoms with Crippen LogP contribution in [0.2, 0.25) is 0 Å². The van der Waals surface area contributed by atoms with E-state index in [1.165, 1.54) is 5.56 Å². The summed E-state index contributed by atoms with van der Waals surface area (Å²) < 4.78 is 1.86. The monoisotopic (exact) mass is 273 g/mol. The number of hydrogen-bond donors (Lipinski definition) is 1. The second kappa shape index (κ2) is 5.37. The molecule has 2 rings (SSSR count). The number of rotatable bonds is 3. The molecule has 0 fully saturated rings. The van der Waals surface area contributed by atoms with Crippen LogP contribution in [-0.2, 0) is 12.0 Å². The molecule has 1 aromatic heterocycles. The maximum absolute atomic E-state index is 9.44. The molecular weight excluding hydrogens is 250 g/mol. The predicted molar refractivity (Wildman–Crippen MR) is 80.5 cm³/mol. The Bertz CT molecular complexity index is 577. The van der Waals surface area contributed by atoms with E-state index in [1.54, 1.807) is 0 Å². The van der Waals surface area contributed by atoms with Crippen molar-refractivity contribution < 1.29 is 5.11 Å². The van der Waals surface area contributed by atoms with Gasteiger partial charge in [-0.15, -0.1) is 5.10 Å². The minimum atomic E-state index is -0.0942. The van der Waals surface area contributed by atoms with Crippen LogP contribution in [0.1, 0.15) is 51.9 Å². The normalized spacial score (nSPS) is 12.2. The number of hydrogen-bond acceptors (Lipinski definition) is 3. The Morgan fingerprint density at radius 3 is 2.20 bits per heavy atom. The summed E-state index contributed by atoms with van der Waals surface area (Å²) in [6.45, 7) is 10.6. The van der Waals surface area contributed by atoms with Crippen LogP contribution in [0.25, 0.3) is 11.3 Å². The van der Waals surface area contributed by atoms with Gasteiger partial charge in [0.1, 0.15) is 5.69 Å². The molecule has 1 heterocycles. The van der Waals surface area contributed by atoms with Crippen LogP contribution in [0.4, 0.5) is 0 Å². The van der Waals surface area contributed by atoms with Gasteiger partial charge < -0.3 is 5.11 Å². The Morgan fingerprint density at radius 2 is 1.75 bits per heavy atom. The molecular formula is C16H23N3O. The van der Waals surface area contributed by atoms with E-state index in [9.17, 15) is 5.11 Å². The zero-order chi connectivity index (χ0) is 14.9. The van der Waals surface area contributed by atoms with Crippen molar-refractivity contribution >= 4 is 0 Å². The van der Waals surface area contributed by atoms with Crippen molar-refractivity contribution in [1.82, 2.24) is 15.0 Å². The van der Waals surface area contributed by atoms with Crippen LogP contribution < -0.4 is 0 Å². The molecule has 2 aromatic rings. The summed E-state index contributed by atoms with van der Waals surface area (Å²) >= 11 is 0. The fraction of sp³-hybridized carbons (Fsp3) is 0.500. The van der Waals surface area contributed by atoms with Crippen molar-refractivity contribution in [1.29, 1.82) is 0 Å². The highest BCUT2D eigenvalue weighted by Gasteiger charge is 2.18. The second-order valence-corrected chi connectivity index (χ2v) is 6.41. The Balaban J connectivity index is 2.49. The van der Waals surface area contributed by atoms with Crippen molar-refractivity contribution in [3.05, 3.63) is 35.5 Å². The van der Waals surface area contributed by atoms with Crippen LogP contribution in [-0.4, -0.2) is 20.1 Å². The highest BCUT2D eigenvalue weighted by molar-refractivity contribution is 5.62. The molecule has 0 spiro atoms. The van der Waals surface area contributed by atoms with Gasteiger partial charge in [-0.1, -0.05) is 50.3 Å². The third kappa shape index (κ3) is 2.75. The van der Waals surface area contributed by atoms with Crippen LogP contribution in [0.3, 0.4) is 0 Å². The molecule has 0 aliphatic heterocycles. The topological polar surface area (TPSA) is 50.9 Å². The standard InChI is InChI=1S/C16H23N3O/c1-11(2)19-15(14(10-20)17-18-19)12-6-8-13(9-7-12)16(3,4)5/h6-9,11,20H,10H2,1-5H3. The van der Waals surface area contributed by atoms with E-state index < -0.39 is 0 Å². The number of aliphatic hydroxyl groups excluding tert-OH is 1. The third-order valence-corrected chi connectivity index (χ3v) is 3.43. The number of benzene rings is 1. The first-order valence-corrected chi connectivity index (χ1v) is 7.00. The summed E-state index contributed by atoms with van der Waals surface area (Å²) in [7, 11) is 0. The highest BCUT2D eigenvalue weighted by Crippen LogP contribution is 2.28. The lowest BCUT2D eigenvalue weighted by Crippen LogP contribution is -2.11. The number of aromatic nitrogens is 3. The van der Waals surface area contributed by atoms with E-state index in [1.807, 2.05) is 4.68 Å². The smallest absolute Gasteiger partial charge is 0.116 e. The zero-order valence-electron chi connectivity index (χ0n) is 12.9. The molecule has 0 radical (unpaired) electrons. The predicted octanol–water partition coefficient (Wildman–Crippen LogP) is 3.32. The van der Waals surface area contributed by atoms with Gasteiger partial charge in [-0.05, 0) is 24.8 Å². The number of aliphatic hydroxyl groups is 1. The van der Waals surface area contributed by atoms with Gasteiger partial charge in [0, 0.05) is 11.6 Å². The second-order valence-electron chi connectivity index (χ2n) is 6.41. The summed E-state index contributed by atoms with van der Waals surface area (Å²) in [6, 6.07) is 8.64. The average Bonchev–Trinajstić information content (AvgIpc) is 2.81. The molecule has 108 valence electrons. The number of nitrogens with zero attached hydrogens (tertiary/aromatic N) is 3. The van der Waals surface area contributed by atoms with Gasteiger partial charge in [0.15, 0.2) is 0 Å². The maximum Gasteiger partial charge on any atom is 0.116 e. The van der Waals surface area contributed by atoms with E-state index in [2.05, 4.69) is 69.2 Å². The van der Waals surface area contributed by atoms with Crippen LogP contribution in [0.15, 0.2) is 24.3 Å². The SMILES string of the molecule is CC(C)n1nnc(CO)c1-c1ccc(C(C)(C)C)cc1. The molecule has 0 aliphatic rings. The summed E-state index contributed by atoms with van der Waals surface area (Å²) in [4.78, 5) is 0. The molecule has 0 saturated carbocycles. The van der Waals surface area contributed by atoms with Gasteiger partial charge in [-0.3, -0.25) is 0 Å². The van der Waals surface area contributed by atoms with Crippen molar-refractivity contribution in [2.75, 3.05) is 0 Å². The Hall–Kier alpha value is -1.68.